The summed E-state index contributed by atoms with van der Waals surface area (Å²) in [5.74, 6) is -0.00159. The van der Waals surface area contributed by atoms with Gasteiger partial charge in [-0.15, -0.1) is 0 Å². The zero-order valence-corrected chi connectivity index (χ0v) is 11.6. The summed E-state index contributed by atoms with van der Waals surface area (Å²) >= 11 is 0. The molecule has 1 aromatic rings. The molecule has 0 aliphatic rings. The number of carbonyl (C=O) groups excluding carboxylic acids is 1. The van der Waals surface area contributed by atoms with Crippen LogP contribution in [-0.4, -0.2) is 29.3 Å². The number of phenols is 1. The van der Waals surface area contributed by atoms with Crippen molar-refractivity contribution in [1.29, 1.82) is 0 Å². The molecule has 0 spiro atoms. The molecule has 0 unspecified atom stereocenters. The second kappa shape index (κ2) is 7.14. The van der Waals surface area contributed by atoms with Crippen LogP contribution in [0.1, 0.15) is 32.3 Å². The fraction of sp³-hybridized carbons (Fsp3) is 0.533. The summed E-state index contributed by atoms with van der Waals surface area (Å²) in [5.41, 5.74) is 0.372. The molecule has 4 heteroatoms. The fourth-order valence-electron chi connectivity index (χ4n) is 1.96. The highest BCUT2D eigenvalue weighted by molar-refractivity contribution is 5.79. The molecule has 4 nitrogen and oxygen atoms in total. The molecule has 0 aliphatic heterocycles. The Bertz CT molecular complexity index is 405. The van der Waals surface area contributed by atoms with E-state index < -0.39 is 0 Å². The van der Waals surface area contributed by atoms with Crippen molar-refractivity contribution < 1.29 is 15.0 Å². The van der Waals surface area contributed by atoms with E-state index in [2.05, 4.69) is 5.32 Å². The van der Waals surface area contributed by atoms with E-state index in [1.165, 1.54) is 0 Å². The lowest BCUT2D eigenvalue weighted by atomic mass is 9.83. The van der Waals surface area contributed by atoms with Crippen LogP contribution in [0.3, 0.4) is 0 Å². The van der Waals surface area contributed by atoms with E-state index in [9.17, 15) is 15.0 Å². The van der Waals surface area contributed by atoms with E-state index in [4.69, 9.17) is 0 Å². The summed E-state index contributed by atoms with van der Waals surface area (Å²) in [6.45, 7) is 4.55. The molecule has 0 radical (unpaired) electrons. The highest BCUT2D eigenvalue weighted by Gasteiger charge is 2.25. The Labute approximate surface area is 114 Å². The molecule has 0 saturated heterocycles. The Kier molecular flexibility index (Phi) is 5.83. The third-order valence-electron chi connectivity index (χ3n) is 3.84. The van der Waals surface area contributed by atoms with Crippen molar-refractivity contribution in [3.63, 3.8) is 0 Å². The fourth-order valence-corrected chi connectivity index (χ4v) is 1.96. The third-order valence-corrected chi connectivity index (χ3v) is 3.84. The third kappa shape index (κ3) is 4.24. The van der Waals surface area contributed by atoms with Crippen molar-refractivity contribution in [3.05, 3.63) is 29.8 Å². The zero-order valence-electron chi connectivity index (χ0n) is 11.6. The number of amides is 1. The average molecular weight is 265 g/mol. The largest absolute Gasteiger partial charge is 0.508 e. The summed E-state index contributed by atoms with van der Waals surface area (Å²) in [4.78, 5) is 11.9. The Morgan fingerprint density at radius 2 is 1.89 bits per heavy atom. The Balaban J connectivity index is 2.55. The van der Waals surface area contributed by atoms with E-state index in [0.29, 0.717) is 12.1 Å². The van der Waals surface area contributed by atoms with Crippen molar-refractivity contribution in [2.75, 3.05) is 13.2 Å². The van der Waals surface area contributed by atoms with Crippen LogP contribution in [0, 0.1) is 5.41 Å². The van der Waals surface area contributed by atoms with Crippen LogP contribution in [0.25, 0.3) is 0 Å². The van der Waals surface area contributed by atoms with Crippen LogP contribution in [0.4, 0.5) is 0 Å². The van der Waals surface area contributed by atoms with E-state index in [1.807, 2.05) is 13.8 Å². The Morgan fingerprint density at radius 3 is 2.42 bits per heavy atom. The number of hydrogen-bond donors (Lipinski definition) is 3. The van der Waals surface area contributed by atoms with Gasteiger partial charge in [-0.25, -0.2) is 0 Å². The molecule has 1 rings (SSSR count). The number of aromatic hydroxyl groups is 1. The first kappa shape index (κ1) is 15.5. The van der Waals surface area contributed by atoms with Gasteiger partial charge in [0.25, 0.3) is 0 Å². The minimum Gasteiger partial charge on any atom is -0.508 e. The van der Waals surface area contributed by atoms with Crippen LogP contribution in [0.15, 0.2) is 24.3 Å². The molecule has 0 fully saturated rings. The number of benzene rings is 1. The molecule has 0 aliphatic carbocycles. The molecule has 0 atom stereocenters. The Hall–Kier alpha value is -1.55. The monoisotopic (exact) mass is 265 g/mol. The van der Waals surface area contributed by atoms with E-state index in [0.717, 1.165) is 12.8 Å². The first-order chi connectivity index (χ1) is 9.06. The highest BCUT2D eigenvalue weighted by Crippen LogP contribution is 2.24. The van der Waals surface area contributed by atoms with Crippen molar-refractivity contribution in [2.45, 2.75) is 33.1 Å². The van der Waals surface area contributed by atoms with Gasteiger partial charge in [-0.1, -0.05) is 32.0 Å². The molecule has 1 aromatic carbocycles. The van der Waals surface area contributed by atoms with Gasteiger partial charge < -0.3 is 15.5 Å². The van der Waals surface area contributed by atoms with Gasteiger partial charge in [-0.3, -0.25) is 4.79 Å². The van der Waals surface area contributed by atoms with Gasteiger partial charge in [0, 0.05) is 17.5 Å². The summed E-state index contributed by atoms with van der Waals surface area (Å²) in [6.07, 6.45) is 1.79. The van der Waals surface area contributed by atoms with Crippen molar-refractivity contribution in [1.82, 2.24) is 5.32 Å². The average Bonchev–Trinajstić information content (AvgIpc) is 2.44. The van der Waals surface area contributed by atoms with Gasteiger partial charge in [-0.05, 0) is 18.9 Å². The lowest BCUT2D eigenvalue weighted by molar-refractivity contribution is -0.121. The van der Waals surface area contributed by atoms with Crippen molar-refractivity contribution in [3.8, 4) is 5.75 Å². The number of carbonyl (C=O) groups is 1. The van der Waals surface area contributed by atoms with Gasteiger partial charge in [-0.2, -0.15) is 0 Å². The molecule has 106 valence electrons. The molecule has 0 aromatic heterocycles. The van der Waals surface area contributed by atoms with Gasteiger partial charge in [0.15, 0.2) is 0 Å². The standard InChI is InChI=1S/C15H23NO3/c1-3-15(4-2,11-17)10-16-14(19)9-12-7-5-6-8-13(12)18/h5-8,17-18H,3-4,9-11H2,1-2H3,(H,16,19). The SMILES string of the molecule is CCC(CC)(CO)CNC(=O)Cc1ccccc1O. The molecule has 0 bridgehead atoms. The summed E-state index contributed by atoms with van der Waals surface area (Å²) in [6, 6.07) is 6.81. The highest BCUT2D eigenvalue weighted by atomic mass is 16.3. The van der Waals surface area contributed by atoms with E-state index in [1.54, 1.807) is 24.3 Å². The number of nitrogens with one attached hydrogen (secondary N) is 1. The van der Waals surface area contributed by atoms with Crippen LogP contribution < -0.4 is 5.32 Å². The van der Waals surface area contributed by atoms with Crippen LogP contribution >= 0.6 is 0 Å². The lowest BCUT2D eigenvalue weighted by Crippen LogP contribution is -2.39. The molecule has 19 heavy (non-hydrogen) atoms. The molecular formula is C15H23NO3. The zero-order chi connectivity index (χ0) is 14.3. The van der Waals surface area contributed by atoms with Crippen molar-refractivity contribution >= 4 is 5.91 Å². The summed E-state index contributed by atoms with van der Waals surface area (Å²) < 4.78 is 0. The maximum absolute atomic E-state index is 11.9. The summed E-state index contributed by atoms with van der Waals surface area (Å²) in [5, 5.41) is 21.9. The van der Waals surface area contributed by atoms with E-state index >= 15 is 0 Å². The van der Waals surface area contributed by atoms with Crippen LogP contribution in [0.2, 0.25) is 0 Å². The number of para-hydroxylation sites is 1. The first-order valence-electron chi connectivity index (χ1n) is 6.71. The first-order valence-corrected chi connectivity index (χ1v) is 6.71. The van der Waals surface area contributed by atoms with E-state index in [-0.39, 0.29) is 30.1 Å². The smallest absolute Gasteiger partial charge is 0.224 e. The van der Waals surface area contributed by atoms with Crippen LogP contribution in [-0.2, 0) is 11.2 Å². The second-order valence-electron chi connectivity index (χ2n) is 4.95. The summed E-state index contributed by atoms with van der Waals surface area (Å²) in [7, 11) is 0. The Morgan fingerprint density at radius 1 is 1.26 bits per heavy atom. The van der Waals surface area contributed by atoms with Gasteiger partial charge in [0.1, 0.15) is 5.75 Å². The lowest BCUT2D eigenvalue weighted by Gasteiger charge is -2.29. The number of aliphatic hydroxyl groups is 1. The van der Waals surface area contributed by atoms with Crippen molar-refractivity contribution in [2.24, 2.45) is 5.41 Å². The maximum Gasteiger partial charge on any atom is 0.224 e. The van der Waals surface area contributed by atoms with Gasteiger partial charge >= 0.3 is 0 Å². The molecule has 1 amide bonds. The molecule has 0 heterocycles. The minimum absolute atomic E-state index is 0.0663. The number of hydrogen-bond acceptors (Lipinski definition) is 3. The topological polar surface area (TPSA) is 69.6 Å². The number of aliphatic hydroxyl groups excluding tert-OH is 1. The van der Waals surface area contributed by atoms with Gasteiger partial charge in [0.05, 0.1) is 13.0 Å². The normalized spacial score (nSPS) is 11.3. The second-order valence-corrected chi connectivity index (χ2v) is 4.95. The number of phenolic OH excluding ortho intramolecular Hbond substituents is 1. The predicted octanol–water partition coefficient (Wildman–Crippen LogP) is 1.85. The number of rotatable bonds is 7. The quantitative estimate of drug-likeness (QED) is 0.704. The molecular weight excluding hydrogens is 242 g/mol. The maximum atomic E-state index is 11.9. The minimum atomic E-state index is -0.242. The van der Waals surface area contributed by atoms with Crippen LogP contribution in [0.5, 0.6) is 5.75 Å². The molecule has 3 N–H and O–H groups in total. The molecule has 0 saturated carbocycles. The predicted molar refractivity (Wildman–Crippen MR) is 74.9 cm³/mol. The van der Waals surface area contributed by atoms with Gasteiger partial charge in [0.2, 0.25) is 5.91 Å².